The molecule has 0 unspecified atom stereocenters. The maximum Gasteiger partial charge on any atom is 0.223 e. The molecule has 0 radical (unpaired) electrons. The van der Waals surface area contributed by atoms with Gasteiger partial charge < -0.3 is 14.6 Å². The van der Waals surface area contributed by atoms with Gasteiger partial charge in [0.25, 0.3) is 0 Å². The normalized spacial score (nSPS) is 13.5. The molecule has 0 aliphatic heterocycles. The van der Waals surface area contributed by atoms with Crippen molar-refractivity contribution in [2.75, 3.05) is 7.11 Å². The van der Waals surface area contributed by atoms with E-state index < -0.39 is 6.04 Å². The number of para-hydroxylation sites is 1. The van der Waals surface area contributed by atoms with E-state index in [9.17, 15) is 4.79 Å². The molecule has 22 heavy (non-hydrogen) atoms. The number of nitrogens with zero attached hydrogens (tertiary/aromatic N) is 2. The summed E-state index contributed by atoms with van der Waals surface area (Å²) in [5, 5.41) is 6.93. The molecule has 6 heteroatoms. The Bertz CT molecular complexity index is 639. The molecular weight excluding hydrogens is 282 g/mol. The number of hydrogen-bond donors (Lipinski definition) is 1. The smallest absolute Gasteiger partial charge is 0.223 e. The molecule has 6 nitrogen and oxygen atoms in total. The lowest BCUT2D eigenvalue weighted by Crippen LogP contribution is -2.34. The second-order valence-corrected chi connectivity index (χ2v) is 5.16. The van der Waals surface area contributed by atoms with E-state index in [0.29, 0.717) is 17.5 Å². The fourth-order valence-corrected chi connectivity index (χ4v) is 2.09. The van der Waals surface area contributed by atoms with Gasteiger partial charge in [-0.05, 0) is 12.5 Å². The summed E-state index contributed by atoms with van der Waals surface area (Å²) in [6, 6.07) is 6.97. The van der Waals surface area contributed by atoms with E-state index in [4.69, 9.17) is 9.26 Å². The van der Waals surface area contributed by atoms with Gasteiger partial charge in [-0.2, -0.15) is 4.98 Å². The maximum absolute atomic E-state index is 12.3. The van der Waals surface area contributed by atoms with E-state index in [1.807, 2.05) is 38.1 Å². The van der Waals surface area contributed by atoms with Crippen LogP contribution >= 0.6 is 0 Å². The van der Waals surface area contributed by atoms with E-state index in [1.54, 1.807) is 14.0 Å². The van der Waals surface area contributed by atoms with Crippen LogP contribution in [0.3, 0.4) is 0 Å². The SMILES string of the molecule is CC[C@H](C)C(=O)N[C@H](c1noc(C)n1)c1ccccc1OC. The van der Waals surface area contributed by atoms with Crippen molar-refractivity contribution in [3.8, 4) is 5.75 Å². The fourth-order valence-electron chi connectivity index (χ4n) is 2.09. The topological polar surface area (TPSA) is 77.3 Å². The van der Waals surface area contributed by atoms with Gasteiger partial charge in [-0.15, -0.1) is 0 Å². The van der Waals surface area contributed by atoms with Crippen molar-refractivity contribution in [3.05, 3.63) is 41.5 Å². The van der Waals surface area contributed by atoms with Crippen molar-refractivity contribution in [3.63, 3.8) is 0 Å². The largest absolute Gasteiger partial charge is 0.496 e. The Kier molecular flexibility index (Phi) is 5.14. The fraction of sp³-hybridized carbons (Fsp3) is 0.438. The van der Waals surface area contributed by atoms with Gasteiger partial charge in [-0.3, -0.25) is 4.79 Å². The first-order valence-corrected chi connectivity index (χ1v) is 7.30. The van der Waals surface area contributed by atoms with Crippen molar-refractivity contribution < 1.29 is 14.1 Å². The highest BCUT2D eigenvalue weighted by atomic mass is 16.5. The highest BCUT2D eigenvalue weighted by Crippen LogP contribution is 2.28. The maximum atomic E-state index is 12.3. The van der Waals surface area contributed by atoms with Gasteiger partial charge in [-0.25, -0.2) is 0 Å². The minimum atomic E-state index is -0.505. The quantitative estimate of drug-likeness (QED) is 0.887. The highest BCUT2D eigenvalue weighted by molar-refractivity contribution is 5.79. The van der Waals surface area contributed by atoms with Gasteiger partial charge in [0.2, 0.25) is 11.8 Å². The van der Waals surface area contributed by atoms with E-state index in [0.717, 1.165) is 12.0 Å². The summed E-state index contributed by atoms with van der Waals surface area (Å²) < 4.78 is 10.4. The first kappa shape index (κ1) is 16.0. The molecule has 0 saturated carbocycles. The molecular formula is C16H21N3O3. The van der Waals surface area contributed by atoms with Crippen LogP contribution in [0.4, 0.5) is 0 Å². The number of nitrogens with one attached hydrogen (secondary N) is 1. The molecule has 2 atom stereocenters. The van der Waals surface area contributed by atoms with Crippen molar-refractivity contribution in [1.29, 1.82) is 0 Å². The highest BCUT2D eigenvalue weighted by Gasteiger charge is 2.26. The molecule has 0 fully saturated rings. The van der Waals surface area contributed by atoms with Crippen LogP contribution in [-0.2, 0) is 4.79 Å². The zero-order valence-electron chi connectivity index (χ0n) is 13.3. The zero-order chi connectivity index (χ0) is 16.1. The summed E-state index contributed by atoms with van der Waals surface area (Å²) in [6.07, 6.45) is 0.760. The minimum absolute atomic E-state index is 0.0548. The minimum Gasteiger partial charge on any atom is -0.496 e. The Morgan fingerprint density at radius 2 is 2.14 bits per heavy atom. The summed E-state index contributed by atoms with van der Waals surface area (Å²) in [6.45, 7) is 5.57. The number of carbonyl (C=O) groups excluding carboxylic acids is 1. The Hall–Kier alpha value is -2.37. The number of benzene rings is 1. The van der Waals surface area contributed by atoms with E-state index >= 15 is 0 Å². The molecule has 1 heterocycles. The first-order valence-electron chi connectivity index (χ1n) is 7.30. The zero-order valence-corrected chi connectivity index (χ0v) is 13.3. The number of aryl methyl sites for hydroxylation is 1. The van der Waals surface area contributed by atoms with Crippen LogP contribution in [-0.4, -0.2) is 23.2 Å². The average Bonchev–Trinajstić information content (AvgIpc) is 2.97. The molecule has 118 valence electrons. The molecule has 1 amide bonds. The number of rotatable bonds is 6. The van der Waals surface area contributed by atoms with Crippen LogP contribution in [0.5, 0.6) is 5.75 Å². The van der Waals surface area contributed by atoms with Crippen LogP contribution in [0.25, 0.3) is 0 Å². The average molecular weight is 303 g/mol. The number of aromatic nitrogens is 2. The Morgan fingerprint density at radius 1 is 1.41 bits per heavy atom. The molecule has 2 aromatic rings. The van der Waals surface area contributed by atoms with Crippen LogP contribution < -0.4 is 10.1 Å². The third kappa shape index (κ3) is 3.44. The van der Waals surface area contributed by atoms with Gasteiger partial charge in [0.15, 0.2) is 5.82 Å². The lowest BCUT2D eigenvalue weighted by atomic mass is 10.0. The van der Waals surface area contributed by atoms with Crippen LogP contribution in [0, 0.1) is 12.8 Å². The van der Waals surface area contributed by atoms with Crippen molar-refractivity contribution in [2.24, 2.45) is 5.92 Å². The number of carbonyl (C=O) groups is 1. The van der Waals surface area contributed by atoms with Crippen molar-refractivity contribution >= 4 is 5.91 Å². The number of hydrogen-bond acceptors (Lipinski definition) is 5. The number of methoxy groups -OCH3 is 1. The van der Waals surface area contributed by atoms with Crippen molar-refractivity contribution in [2.45, 2.75) is 33.2 Å². The van der Waals surface area contributed by atoms with E-state index in [2.05, 4.69) is 15.5 Å². The first-order chi connectivity index (χ1) is 10.6. The molecule has 1 N–H and O–H groups in total. The molecule has 0 spiro atoms. The molecule has 0 aliphatic rings. The monoisotopic (exact) mass is 303 g/mol. The van der Waals surface area contributed by atoms with Crippen LogP contribution in [0.1, 0.15) is 43.6 Å². The Balaban J connectivity index is 2.39. The standard InChI is InChI=1S/C16H21N3O3/c1-5-10(2)16(20)18-14(15-17-11(3)22-19-15)12-8-6-7-9-13(12)21-4/h6-10,14H,5H2,1-4H3,(H,18,20)/t10-,14-/m0/s1. The summed E-state index contributed by atoms with van der Waals surface area (Å²) >= 11 is 0. The third-order valence-electron chi connectivity index (χ3n) is 3.60. The summed E-state index contributed by atoms with van der Waals surface area (Å²) in [5.74, 6) is 1.39. The summed E-state index contributed by atoms with van der Waals surface area (Å²) in [7, 11) is 1.59. The van der Waals surface area contributed by atoms with Gasteiger partial charge in [0, 0.05) is 18.4 Å². The predicted octanol–water partition coefficient (Wildman–Crippen LogP) is 2.64. The van der Waals surface area contributed by atoms with Gasteiger partial charge >= 0.3 is 0 Å². The Morgan fingerprint density at radius 3 is 2.73 bits per heavy atom. The third-order valence-corrected chi connectivity index (χ3v) is 3.60. The van der Waals surface area contributed by atoms with Crippen molar-refractivity contribution in [1.82, 2.24) is 15.5 Å². The van der Waals surface area contributed by atoms with E-state index in [1.165, 1.54) is 0 Å². The Labute approximate surface area is 129 Å². The summed E-state index contributed by atoms with van der Waals surface area (Å²) in [4.78, 5) is 16.6. The molecule has 0 saturated heterocycles. The van der Waals surface area contributed by atoms with Gasteiger partial charge in [0.05, 0.1) is 7.11 Å². The second-order valence-electron chi connectivity index (χ2n) is 5.16. The molecule has 0 bridgehead atoms. The van der Waals surface area contributed by atoms with Crippen LogP contribution in [0.2, 0.25) is 0 Å². The molecule has 0 aliphatic carbocycles. The molecule has 1 aromatic heterocycles. The summed E-state index contributed by atoms with van der Waals surface area (Å²) in [5.41, 5.74) is 0.794. The lowest BCUT2D eigenvalue weighted by Gasteiger charge is -2.20. The molecule has 1 aromatic carbocycles. The lowest BCUT2D eigenvalue weighted by molar-refractivity contribution is -0.125. The van der Waals surface area contributed by atoms with E-state index in [-0.39, 0.29) is 11.8 Å². The number of ether oxygens (including phenoxy) is 1. The molecule has 2 rings (SSSR count). The van der Waals surface area contributed by atoms with Gasteiger partial charge in [0.1, 0.15) is 11.8 Å². The van der Waals surface area contributed by atoms with Gasteiger partial charge in [-0.1, -0.05) is 37.2 Å². The number of amides is 1. The predicted molar refractivity (Wildman–Crippen MR) is 81.5 cm³/mol. The second kappa shape index (κ2) is 7.06. The van der Waals surface area contributed by atoms with Crippen LogP contribution in [0.15, 0.2) is 28.8 Å².